The Morgan fingerprint density at radius 1 is 1.39 bits per heavy atom. The van der Waals surface area contributed by atoms with Gasteiger partial charge in [0, 0.05) is 13.1 Å². The third-order valence-electron chi connectivity index (χ3n) is 4.67. The minimum atomic E-state index is -3.79. The molecule has 0 radical (unpaired) electrons. The van der Waals surface area contributed by atoms with Crippen molar-refractivity contribution in [1.82, 2.24) is 4.31 Å². The topological polar surface area (TPSA) is 94.9 Å². The van der Waals surface area contributed by atoms with Crippen molar-refractivity contribution in [3.63, 3.8) is 0 Å². The van der Waals surface area contributed by atoms with Crippen LogP contribution < -0.4 is 0 Å². The fourth-order valence-electron chi connectivity index (χ4n) is 3.15. The molecular weight excluding hydrogens is 362 g/mol. The third-order valence-corrected chi connectivity index (χ3v) is 8.21. The first-order chi connectivity index (χ1) is 10.8. The fraction of sp³-hybridized carbons (Fsp3) is 0.643. The molecule has 2 atom stereocenters. The van der Waals surface area contributed by atoms with E-state index in [1.807, 2.05) is 0 Å². The number of piperidine rings is 1. The number of carbonyl (C=O) groups is 1. The molecule has 2 aliphatic rings. The second-order valence-electron chi connectivity index (χ2n) is 6.31. The lowest BCUT2D eigenvalue weighted by molar-refractivity contribution is -0.162. The lowest BCUT2D eigenvalue weighted by atomic mass is 9.74. The van der Waals surface area contributed by atoms with E-state index >= 15 is 0 Å². The van der Waals surface area contributed by atoms with Crippen LogP contribution in [0.15, 0.2) is 16.3 Å². The third kappa shape index (κ3) is 3.15. The maximum Gasteiger partial charge on any atom is 0.313 e. The molecule has 23 heavy (non-hydrogen) atoms. The maximum atomic E-state index is 12.7. The summed E-state index contributed by atoms with van der Waals surface area (Å²) >= 11 is 6.76. The molecule has 2 N–H and O–H groups in total. The number of carboxylic acids is 1. The Labute approximate surface area is 143 Å². The van der Waals surface area contributed by atoms with E-state index < -0.39 is 27.5 Å². The number of carboxylic acid groups (broad SMARTS) is 1. The van der Waals surface area contributed by atoms with Crippen molar-refractivity contribution >= 4 is 38.9 Å². The molecule has 1 aromatic rings. The average Bonchev–Trinajstić information content (AvgIpc) is 3.18. The molecule has 2 fully saturated rings. The molecule has 0 aromatic carbocycles. The quantitative estimate of drug-likeness (QED) is 0.816. The Balaban J connectivity index is 1.91. The number of sulfonamides is 1. The minimum absolute atomic E-state index is 0.101. The van der Waals surface area contributed by atoms with Crippen LogP contribution in [0.25, 0.3) is 0 Å². The lowest BCUT2D eigenvalue weighted by Crippen LogP contribution is -2.57. The van der Waals surface area contributed by atoms with Crippen LogP contribution in [-0.4, -0.2) is 48.1 Å². The van der Waals surface area contributed by atoms with E-state index in [0.717, 1.165) is 24.2 Å². The Morgan fingerprint density at radius 3 is 2.61 bits per heavy atom. The highest BCUT2D eigenvalue weighted by atomic mass is 35.5. The van der Waals surface area contributed by atoms with E-state index in [0.29, 0.717) is 10.8 Å². The number of halogens is 1. The SMILES string of the molecule is O=C(O)[C@@]1(CC2CC2)CN(S(=O)(=O)c2ccc(Cl)s2)CC[C@@H]1O. The average molecular weight is 380 g/mol. The first kappa shape index (κ1) is 17.2. The Bertz CT molecular complexity index is 715. The smallest absolute Gasteiger partial charge is 0.313 e. The van der Waals surface area contributed by atoms with Crippen molar-refractivity contribution in [2.45, 2.75) is 36.0 Å². The standard InChI is InChI=1S/C14H18ClNO5S2/c15-11-3-4-12(22-11)23(20,21)16-6-5-10(17)14(8-16,13(18)19)7-9-1-2-9/h3-4,9-10,17H,1-2,5-8H2,(H,18,19)/t10-,14-/m0/s1. The van der Waals surface area contributed by atoms with Crippen LogP contribution >= 0.6 is 22.9 Å². The van der Waals surface area contributed by atoms with Gasteiger partial charge >= 0.3 is 5.97 Å². The second kappa shape index (κ2) is 6.00. The first-order valence-corrected chi connectivity index (χ1v) is 10.1. The second-order valence-corrected chi connectivity index (χ2v) is 10.2. The molecule has 2 heterocycles. The molecule has 0 bridgehead atoms. The van der Waals surface area contributed by atoms with Gasteiger partial charge in [0.2, 0.25) is 0 Å². The lowest BCUT2D eigenvalue weighted by Gasteiger charge is -2.42. The molecular formula is C14H18ClNO5S2. The summed E-state index contributed by atoms with van der Waals surface area (Å²) in [6.07, 6.45) is 1.29. The number of hydrogen-bond donors (Lipinski definition) is 2. The zero-order valence-electron chi connectivity index (χ0n) is 12.3. The number of hydrogen-bond acceptors (Lipinski definition) is 5. The van der Waals surface area contributed by atoms with Crippen molar-refractivity contribution in [2.24, 2.45) is 11.3 Å². The highest BCUT2D eigenvalue weighted by Gasteiger charge is 2.53. The van der Waals surface area contributed by atoms with Crippen LogP contribution in [0, 0.1) is 11.3 Å². The summed E-state index contributed by atoms with van der Waals surface area (Å²) in [5.74, 6) is -0.861. The summed E-state index contributed by atoms with van der Waals surface area (Å²) in [7, 11) is -3.79. The predicted octanol–water partition coefficient (Wildman–Crippen LogP) is 2.03. The van der Waals surface area contributed by atoms with Gasteiger partial charge in [0.25, 0.3) is 10.0 Å². The van der Waals surface area contributed by atoms with Gasteiger partial charge in [-0.15, -0.1) is 11.3 Å². The van der Waals surface area contributed by atoms with Crippen molar-refractivity contribution in [2.75, 3.05) is 13.1 Å². The number of aliphatic hydroxyl groups excluding tert-OH is 1. The summed E-state index contributed by atoms with van der Waals surface area (Å²) < 4.78 is 27.1. The molecule has 0 amide bonds. The monoisotopic (exact) mass is 379 g/mol. The van der Waals surface area contributed by atoms with Gasteiger partial charge in [-0.25, -0.2) is 8.42 Å². The maximum absolute atomic E-state index is 12.7. The van der Waals surface area contributed by atoms with Gasteiger partial charge < -0.3 is 10.2 Å². The van der Waals surface area contributed by atoms with Crippen molar-refractivity contribution in [1.29, 1.82) is 0 Å². The summed E-state index contributed by atoms with van der Waals surface area (Å²) in [6.45, 7) is -0.0867. The van der Waals surface area contributed by atoms with Gasteiger partial charge in [0.15, 0.2) is 0 Å². The molecule has 1 saturated carbocycles. The van der Waals surface area contributed by atoms with Crippen molar-refractivity contribution in [3.8, 4) is 0 Å². The summed E-state index contributed by atoms with van der Waals surface area (Å²) in [5, 5.41) is 20.0. The highest BCUT2D eigenvalue weighted by molar-refractivity contribution is 7.91. The van der Waals surface area contributed by atoms with Gasteiger partial charge in [0.05, 0.1) is 10.4 Å². The Kier molecular flexibility index (Phi) is 4.48. The molecule has 128 valence electrons. The number of aliphatic hydroxyl groups is 1. The van der Waals surface area contributed by atoms with E-state index in [1.165, 1.54) is 16.4 Å². The van der Waals surface area contributed by atoms with E-state index in [-0.39, 0.29) is 29.6 Å². The number of thiophene rings is 1. The molecule has 9 heteroatoms. The van der Waals surface area contributed by atoms with Crippen LogP contribution in [0.1, 0.15) is 25.7 Å². The molecule has 0 unspecified atom stereocenters. The fourth-order valence-corrected chi connectivity index (χ4v) is 6.31. The van der Waals surface area contributed by atoms with Crippen molar-refractivity contribution in [3.05, 3.63) is 16.5 Å². The summed E-state index contributed by atoms with van der Waals surface area (Å²) in [6, 6.07) is 2.93. The van der Waals surface area contributed by atoms with Crippen LogP contribution in [0.2, 0.25) is 4.34 Å². The molecule has 1 aliphatic heterocycles. The largest absolute Gasteiger partial charge is 0.481 e. The molecule has 1 aromatic heterocycles. The van der Waals surface area contributed by atoms with Gasteiger partial charge in [-0.1, -0.05) is 24.4 Å². The van der Waals surface area contributed by atoms with Crippen LogP contribution in [-0.2, 0) is 14.8 Å². The minimum Gasteiger partial charge on any atom is -0.481 e. The van der Waals surface area contributed by atoms with Gasteiger partial charge in [-0.2, -0.15) is 4.31 Å². The number of nitrogens with zero attached hydrogens (tertiary/aromatic N) is 1. The molecule has 0 spiro atoms. The van der Waals surface area contributed by atoms with Crippen LogP contribution in [0.5, 0.6) is 0 Å². The molecule has 1 saturated heterocycles. The normalized spacial score (nSPS) is 29.6. The van der Waals surface area contributed by atoms with Gasteiger partial charge in [-0.3, -0.25) is 4.79 Å². The number of aliphatic carboxylic acids is 1. The van der Waals surface area contributed by atoms with E-state index in [2.05, 4.69) is 0 Å². The van der Waals surface area contributed by atoms with Crippen LogP contribution in [0.3, 0.4) is 0 Å². The predicted molar refractivity (Wildman–Crippen MR) is 86.1 cm³/mol. The van der Waals surface area contributed by atoms with Gasteiger partial charge in [-0.05, 0) is 30.9 Å². The highest BCUT2D eigenvalue weighted by Crippen LogP contribution is 2.46. The molecule has 6 nitrogen and oxygen atoms in total. The van der Waals surface area contributed by atoms with Crippen molar-refractivity contribution < 1.29 is 23.4 Å². The van der Waals surface area contributed by atoms with E-state index in [1.54, 1.807) is 0 Å². The van der Waals surface area contributed by atoms with E-state index in [4.69, 9.17) is 11.6 Å². The zero-order valence-corrected chi connectivity index (χ0v) is 14.7. The van der Waals surface area contributed by atoms with Gasteiger partial charge in [0.1, 0.15) is 9.62 Å². The molecule has 3 rings (SSSR count). The summed E-state index contributed by atoms with van der Waals surface area (Å²) in [5.41, 5.74) is -1.42. The zero-order chi connectivity index (χ0) is 16.8. The summed E-state index contributed by atoms with van der Waals surface area (Å²) in [4.78, 5) is 11.9. The Hall–Kier alpha value is -0.670. The molecule has 1 aliphatic carbocycles. The van der Waals surface area contributed by atoms with E-state index in [9.17, 15) is 23.4 Å². The first-order valence-electron chi connectivity index (χ1n) is 7.43. The number of rotatable bonds is 5. The van der Waals surface area contributed by atoms with Crippen LogP contribution in [0.4, 0.5) is 0 Å². The Morgan fingerprint density at radius 2 is 2.09 bits per heavy atom.